The summed E-state index contributed by atoms with van der Waals surface area (Å²) in [5.74, 6) is 1.43. The fraction of sp³-hybridized carbons (Fsp3) is 0.636. The molecule has 0 bridgehead atoms. The van der Waals surface area contributed by atoms with Gasteiger partial charge in [0.15, 0.2) is 0 Å². The smallest absolute Gasteiger partial charge is 0.253 e. The predicted molar refractivity (Wildman–Crippen MR) is 106 cm³/mol. The largest absolute Gasteiger partial charge is 0.345 e. The average Bonchev–Trinajstić information content (AvgIpc) is 2.66. The maximum Gasteiger partial charge on any atom is 0.253 e. The van der Waals surface area contributed by atoms with Gasteiger partial charge in [0, 0.05) is 39.2 Å². The van der Waals surface area contributed by atoms with E-state index < -0.39 is 0 Å². The third-order valence-electron chi connectivity index (χ3n) is 5.67. The van der Waals surface area contributed by atoms with Gasteiger partial charge in [-0.3, -0.25) is 9.59 Å². The third kappa shape index (κ3) is 5.58. The van der Waals surface area contributed by atoms with E-state index in [0.717, 1.165) is 5.56 Å². The van der Waals surface area contributed by atoms with Crippen LogP contribution in [-0.2, 0) is 11.3 Å². The van der Waals surface area contributed by atoms with Crippen LogP contribution in [0.4, 0.5) is 0 Å². The molecule has 2 amide bonds. The van der Waals surface area contributed by atoms with Gasteiger partial charge in [0.2, 0.25) is 5.91 Å². The quantitative estimate of drug-likeness (QED) is 0.727. The van der Waals surface area contributed by atoms with E-state index in [1.54, 1.807) is 19.0 Å². The van der Waals surface area contributed by atoms with Gasteiger partial charge in [0.05, 0.1) is 0 Å². The highest BCUT2D eigenvalue weighted by molar-refractivity contribution is 5.93. The van der Waals surface area contributed by atoms with Crippen LogP contribution in [0, 0.1) is 11.8 Å². The van der Waals surface area contributed by atoms with Crippen molar-refractivity contribution in [1.29, 1.82) is 0 Å². The van der Waals surface area contributed by atoms with E-state index in [1.165, 1.54) is 32.1 Å². The predicted octanol–water partition coefficient (Wildman–Crippen LogP) is 4.34. The van der Waals surface area contributed by atoms with Crippen LogP contribution < -0.4 is 0 Å². The first-order chi connectivity index (χ1) is 12.4. The Hall–Kier alpha value is -1.84. The monoisotopic (exact) mass is 358 g/mol. The van der Waals surface area contributed by atoms with Crippen molar-refractivity contribution in [1.82, 2.24) is 9.80 Å². The number of hydrogen-bond donors (Lipinski definition) is 0. The van der Waals surface area contributed by atoms with Gasteiger partial charge in [0.25, 0.3) is 5.91 Å². The summed E-state index contributed by atoms with van der Waals surface area (Å²) in [6, 6.07) is 7.61. The molecule has 1 atom stereocenters. The second kappa shape index (κ2) is 9.75. The highest BCUT2D eigenvalue weighted by Gasteiger charge is 2.24. The lowest BCUT2D eigenvalue weighted by molar-refractivity contribution is -0.133. The van der Waals surface area contributed by atoms with E-state index in [9.17, 15) is 9.59 Å². The molecule has 1 aliphatic rings. The summed E-state index contributed by atoms with van der Waals surface area (Å²) in [4.78, 5) is 28.2. The summed E-state index contributed by atoms with van der Waals surface area (Å²) < 4.78 is 0. The first-order valence-electron chi connectivity index (χ1n) is 10.0. The Morgan fingerprint density at radius 3 is 2.23 bits per heavy atom. The summed E-state index contributed by atoms with van der Waals surface area (Å²) in [5, 5.41) is 0. The number of rotatable bonds is 7. The Kier molecular flexibility index (Phi) is 7.67. The summed E-state index contributed by atoms with van der Waals surface area (Å²) >= 11 is 0. The minimum Gasteiger partial charge on any atom is -0.345 e. The molecule has 0 N–H and O–H groups in total. The number of carbonyl (C=O) groups excluding carboxylic acids is 2. The summed E-state index contributed by atoms with van der Waals surface area (Å²) in [5.41, 5.74) is 1.75. The van der Waals surface area contributed by atoms with Gasteiger partial charge in [0.1, 0.15) is 0 Å². The first-order valence-corrected chi connectivity index (χ1v) is 10.0. The van der Waals surface area contributed by atoms with Gasteiger partial charge in [-0.15, -0.1) is 0 Å². The lowest BCUT2D eigenvalue weighted by atomic mass is 9.79. The molecule has 26 heavy (non-hydrogen) atoms. The van der Waals surface area contributed by atoms with Gasteiger partial charge in [-0.25, -0.2) is 0 Å². The van der Waals surface area contributed by atoms with Gasteiger partial charge in [-0.05, 0) is 36.5 Å². The van der Waals surface area contributed by atoms with E-state index >= 15 is 0 Å². The molecule has 4 heteroatoms. The second-order valence-electron chi connectivity index (χ2n) is 7.88. The molecule has 0 radical (unpaired) electrons. The van der Waals surface area contributed by atoms with Gasteiger partial charge < -0.3 is 9.80 Å². The highest BCUT2D eigenvalue weighted by Crippen LogP contribution is 2.31. The maximum atomic E-state index is 12.8. The normalized spacial score (nSPS) is 16.2. The standard InChI is InChI=1S/C22H34N2O2/c1-5-24(21(25)15-17(2)19-9-7-6-8-10-19)16-18-11-13-20(14-12-18)22(26)23(3)4/h11-14,17,19H,5-10,15-16H2,1-4H3. The van der Waals surface area contributed by atoms with Crippen LogP contribution in [0.1, 0.15) is 68.3 Å². The van der Waals surface area contributed by atoms with Crippen molar-refractivity contribution in [3.8, 4) is 0 Å². The molecular weight excluding hydrogens is 324 g/mol. The van der Waals surface area contributed by atoms with Crippen LogP contribution in [0.15, 0.2) is 24.3 Å². The van der Waals surface area contributed by atoms with Crippen LogP contribution in [0.25, 0.3) is 0 Å². The van der Waals surface area contributed by atoms with E-state index in [1.807, 2.05) is 36.1 Å². The topological polar surface area (TPSA) is 40.6 Å². The molecule has 1 unspecified atom stereocenters. The molecule has 144 valence electrons. The number of hydrogen-bond acceptors (Lipinski definition) is 2. The third-order valence-corrected chi connectivity index (χ3v) is 5.67. The van der Waals surface area contributed by atoms with Crippen LogP contribution >= 0.6 is 0 Å². The lowest BCUT2D eigenvalue weighted by Gasteiger charge is -2.29. The molecule has 1 aromatic carbocycles. The minimum absolute atomic E-state index is 0.00119. The fourth-order valence-electron chi connectivity index (χ4n) is 3.88. The van der Waals surface area contributed by atoms with E-state index in [2.05, 4.69) is 6.92 Å². The summed E-state index contributed by atoms with van der Waals surface area (Å²) in [7, 11) is 3.50. The molecule has 1 aromatic rings. The molecule has 1 saturated carbocycles. The van der Waals surface area contributed by atoms with Crippen LogP contribution in [0.2, 0.25) is 0 Å². The van der Waals surface area contributed by atoms with Crippen LogP contribution in [0.3, 0.4) is 0 Å². The van der Waals surface area contributed by atoms with E-state index in [0.29, 0.717) is 36.9 Å². The molecule has 2 rings (SSSR count). The zero-order chi connectivity index (χ0) is 19.1. The minimum atomic E-state index is 0.00119. The molecule has 0 saturated heterocycles. The number of nitrogens with zero attached hydrogens (tertiary/aromatic N) is 2. The Bertz CT molecular complexity index is 589. The Morgan fingerprint density at radius 1 is 1.08 bits per heavy atom. The van der Waals surface area contributed by atoms with E-state index in [-0.39, 0.29) is 11.8 Å². The van der Waals surface area contributed by atoms with Crippen LogP contribution in [0.5, 0.6) is 0 Å². The molecule has 1 fully saturated rings. The molecule has 1 aliphatic carbocycles. The van der Waals surface area contributed by atoms with Crippen LogP contribution in [-0.4, -0.2) is 42.3 Å². The van der Waals surface area contributed by atoms with Crippen molar-refractivity contribution < 1.29 is 9.59 Å². The molecule has 0 aromatic heterocycles. The summed E-state index contributed by atoms with van der Waals surface area (Å²) in [6.45, 7) is 5.61. The fourth-order valence-corrected chi connectivity index (χ4v) is 3.88. The van der Waals surface area contributed by atoms with Crippen molar-refractivity contribution in [2.24, 2.45) is 11.8 Å². The Balaban J connectivity index is 1.93. The van der Waals surface area contributed by atoms with Gasteiger partial charge in [-0.1, -0.05) is 51.2 Å². The number of carbonyl (C=O) groups is 2. The first kappa shape index (κ1) is 20.5. The highest BCUT2D eigenvalue weighted by atomic mass is 16.2. The zero-order valence-corrected chi connectivity index (χ0v) is 16.8. The Morgan fingerprint density at radius 2 is 1.69 bits per heavy atom. The van der Waals surface area contributed by atoms with Crippen molar-refractivity contribution in [2.45, 2.75) is 58.9 Å². The number of benzene rings is 1. The van der Waals surface area contributed by atoms with Crippen molar-refractivity contribution in [2.75, 3.05) is 20.6 Å². The Labute approximate surface area is 158 Å². The summed E-state index contributed by atoms with van der Waals surface area (Å²) in [6.07, 6.45) is 7.20. The van der Waals surface area contributed by atoms with Crippen molar-refractivity contribution >= 4 is 11.8 Å². The molecular formula is C22H34N2O2. The average molecular weight is 359 g/mol. The zero-order valence-electron chi connectivity index (χ0n) is 16.8. The van der Waals surface area contributed by atoms with Gasteiger partial charge >= 0.3 is 0 Å². The second-order valence-corrected chi connectivity index (χ2v) is 7.88. The molecule has 4 nitrogen and oxygen atoms in total. The van der Waals surface area contributed by atoms with Crippen molar-refractivity contribution in [3.63, 3.8) is 0 Å². The SMILES string of the molecule is CCN(Cc1ccc(C(=O)N(C)C)cc1)C(=O)CC(C)C1CCCCC1. The van der Waals surface area contributed by atoms with Crippen molar-refractivity contribution in [3.05, 3.63) is 35.4 Å². The lowest BCUT2D eigenvalue weighted by Crippen LogP contribution is -2.32. The molecule has 0 aliphatic heterocycles. The van der Waals surface area contributed by atoms with E-state index in [4.69, 9.17) is 0 Å². The molecule has 0 spiro atoms. The number of amides is 2. The van der Waals surface area contributed by atoms with Gasteiger partial charge in [-0.2, -0.15) is 0 Å². The maximum absolute atomic E-state index is 12.8. The molecule has 0 heterocycles.